The maximum absolute atomic E-state index is 13.5. The molecule has 0 radical (unpaired) electrons. The highest BCUT2D eigenvalue weighted by molar-refractivity contribution is 5.82. The monoisotopic (exact) mass is 290 g/mol. The Kier molecular flexibility index (Phi) is 3.99. The summed E-state index contributed by atoms with van der Waals surface area (Å²) in [6, 6.07) is 1.78. The van der Waals surface area contributed by atoms with E-state index in [-0.39, 0.29) is 5.56 Å². The van der Waals surface area contributed by atoms with Gasteiger partial charge < -0.3 is 5.32 Å². The Balaban J connectivity index is 2.03. The lowest BCUT2D eigenvalue weighted by Gasteiger charge is -2.18. The van der Waals surface area contributed by atoms with Gasteiger partial charge in [-0.2, -0.15) is 0 Å². The van der Waals surface area contributed by atoms with Gasteiger partial charge in [0.15, 0.2) is 11.6 Å². The van der Waals surface area contributed by atoms with Gasteiger partial charge in [-0.05, 0) is 13.0 Å². The molecule has 20 heavy (non-hydrogen) atoms. The second kappa shape index (κ2) is 5.40. The van der Waals surface area contributed by atoms with Crippen LogP contribution in [0.5, 0.6) is 0 Å². The van der Waals surface area contributed by atoms with Crippen LogP contribution in [-0.4, -0.2) is 24.4 Å². The highest BCUT2D eigenvalue weighted by Crippen LogP contribution is 2.26. The molecule has 2 N–H and O–H groups in total. The fourth-order valence-corrected chi connectivity index (χ4v) is 2.15. The van der Waals surface area contributed by atoms with Crippen molar-refractivity contribution in [3.63, 3.8) is 0 Å². The number of carbonyl (C=O) groups is 1. The third-order valence-corrected chi connectivity index (χ3v) is 3.23. The van der Waals surface area contributed by atoms with E-state index in [1.165, 1.54) is 19.1 Å². The SMILES string of the molecule is C[C@@H](NC(=O)[C@@H]1CC(F)(F)CN1)c1cccc(F)c1F. The van der Waals surface area contributed by atoms with Crippen LogP contribution in [0.1, 0.15) is 24.9 Å². The molecular formula is C13H14F4N2O. The van der Waals surface area contributed by atoms with Crippen molar-refractivity contribution in [1.29, 1.82) is 0 Å². The van der Waals surface area contributed by atoms with Gasteiger partial charge in [-0.25, -0.2) is 17.6 Å². The first kappa shape index (κ1) is 14.8. The number of halogens is 4. The molecule has 0 aliphatic carbocycles. The number of nitrogens with one attached hydrogen (secondary N) is 2. The lowest BCUT2D eigenvalue weighted by atomic mass is 10.1. The van der Waals surface area contributed by atoms with Gasteiger partial charge in [0.1, 0.15) is 0 Å². The van der Waals surface area contributed by atoms with Crippen LogP contribution in [0.3, 0.4) is 0 Å². The van der Waals surface area contributed by atoms with Crippen LogP contribution in [0.25, 0.3) is 0 Å². The molecule has 0 saturated carbocycles. The van der Waals surface area contributed by atoms with Gasteiger partial charge in [0.25, 0.3) is 5.92 Å². The minimum absolute atomic E-state index is 0.0249. The summed E-state index contributed by atoms with van der Waals surface area (Å²) in [5, 5.41) is 4.80. The molecule has 2 rings (SSSR count). The molecule has 1 aromatic rings. The van der Waals surface area contributed by atoms with Crippen LogP contribution in [-0.2, 0) is 4.79 Å². The Morgan fingerprint density at radius 3 is 2.75 bits per heavy atom. The lowest BCUT2D eigenvalue weighted by Crippen LogP contribution is -2.41. The number of hydrogen-bond donors (Lipinski definition) is 2. The molecule has 1 aliphatic heterocycles. The minimum atomic E-state index is -2.92. The Hall–Kier alpha value is -1.63. The Morgan fingerprint density at radius 2 is 2.15 bits per heavy atom. The van der Waals surface area contributed by atoms with Crippen LogP contribution in [0.4, 0.5) is 17.6 Å². The van der Waals surface area contributed by atoms with Crippen LogP contribution < -0.4 is 10.6 Å². The molecule has 0 bridgehead atoms. The standard InChI is InChI=1S/C13H14F4N2O/c1-7(8-3-2-4-9(14)11(8)15)19-12(20)10-5-13(16,17)6-18-10/h2-4,7,10,18H,5-6H2,1H3,(H,19,20)/t7-,10+/m1/s1. The van der Waals surface area contributed by atoms with Crippen molar-refractivity contribution in [2.75, 3.05) is 6.54 Å². The smallest absolute Gasteiger partial charge is 0.262 e. The van der Waals surface area contributed by atoms with Gasteiger partial charge in [0.2, 0.25) is 5.91 Å². The average molecular weight is 290 g/mol. The van der Waals surface area contributed by atoms with Crippen molar-refractivity contribution in [3.05, 3.63) is 35.4 Å². The van der Waals surface area contributed by atoms with Crippen molar-refractivity contribution >= 4 is 5.91 Å². The number of benzene rings is 1. The summed E-state index contributed by atoms with van der Waals surface area (Å²) in [5.74, 6) is -5.65. The van der Waals surface area contributed by atoms with E-state index in [1.54, 1.807) is 0 Å². The largest absolute Gasteiger partial charge is 0.348 e. The summed E-state index contributed by atoms with van der Waals surface area (Å²) >= 11 is 0. The maximum Gasteiger partial charge on any atom is 0.262 e. The zero-order valence-corrected chi connectivity index (χ0v) is 10.7. The Labute approximate surface area is 113 Å². The van der Waals surface area contributed by atoms with Gasteiger partial charge >= 0.3 is 0 Å². The van der Waals surface area contributed by atoms with Gasteiger partial charge in [-0.3, -0.25) is 10.1 Å². The quantitative estimate of drug-likeness (QED) is 0.837. The molecule has 3 nitrogen and oxygen atoms in total. The highest BCUT2D eigenvalue weighted by Gasteiger charge is 2.42. The zero-order valence-electron chi connectivity index (χ0n) is 10.7. The molecule has 0 unspecified atom stereocenters. The molecule has 0 aromatic heterocycles. The summed E-state index contributed by atoms with van der Waals surface area (Å²) in [5.41, 5.74) is -0.0249. The van der Waals surface area contributed by atoms with Crippen LogP contribution in [0.15, 0.2) is 18.2 Å². The lowest BCUT2D eigenvalue weighted by molar-refractivity contribution is -0.124. The van der Waals surface area contributed by atoms with Crippen molar-refractivity contribution in [2.45, 2.75) is 31.4 Å². The minimum Gasteiger partial charge on any atom is -0.348 e. The average Bonchev–Trinajstić information content (AvgIpc) is 2.73. The van der Waals surface area contributed by atoms with Crippen molar-refractivity contribution < 1.29 is 22.4 Å². The molecule has 1 amide bonds. The molecule has 1 fully saturated rings. The third kappa shape index (κ3) is 3.09. The van der Waals surface area contributed by atoms with Gasteiger partial charge in [0, 0.05) is 12.0 Å². The third-order valence-electron chi connectivity index (χ3n) is 3.23. The summed E-state index contributed by atoms with van der Waals surface area (Å²) < 4.78 is 52.6. The van der Waals surface area contributed by atoms with Crippen molar-refractivity contribution in [1.82, 2.24) is 10.6 Å². The first-order chi connectivity index (χ1) is 9.30. The molecule has 1 aliphatic rings. The predicted octanol–water partition coefficient (Wildman–Crippen LogP) is 2.14. The molecular weight excluding hydrogens is 276 g/mol. The number of amides is 1. The van der Waals surface area contributed by atoms with Crippen LogP contribution >= 0.6 is 0 Å². The molecule has 1 aromatic carbocycles. The molecule has 1 saturated heterocycles. The predicted molar refractivity (Wildman–Crippen MR) is 64.3 cm³/mol. The van der Waals surface area contributed by atoms with Gasteiger partial charge in [0.05, 0.1) is 18.6 Å². The normalized spacial score (nSPS) is 22.6. The van der Waals surface area contributed by atoms with Crippen molar-refractivity contribution in [2.24, 2.45) is 0 Å². The Bertz CT molecular complexity index is 521. The highest BCUT2D eigenvalue weighted by atomic mass is 19.3. The summed E-state index contributed by atoms with van der Waals surface area (Å²) in [4.78, 5) is 11.8. The van der Waals surface area contributed by atoms with Gasteiger partial charge in [-0.15, -0.1) is 0 Å². The summed E-state index contributed by atoms with van der Waals surface area (Å²) in [7, 11) is 0. The van der Waals surface area contributed by atoms with E-state index in [2.05, 4.69) is 10.6 Å². The molecule has 1 heterocycles. The summed E-state index contributed by atoms with van der Waals surface area (Å²) in [6.07, 6.45) is -0.600. The Morgan fingerprint density at radius 1 is 1.45 bits per heavy atom. The second-order valence-electron chi connectivity index (χ2n) is 4.87. The van der Waals surface area contributed by atoms with Gasteiger partial charge in [-0.1, -0.05) is 12.1 Å². The zero-order chi connectivity index (χ0) is 14.9. The van der Waals surface area contributed by atoms with E-state index in [9.17, 15) is 22.4 Å². The second-order valence-corrected chi connectivity index (χ2v) is 4.87. The molecule has 110 valence electrons. The molecule has 0 spiro atoms. The topological polar surface area (TPSA) is 41.1 Å². The number of hydrogen-bond acceptors (Lipinski definition) is 2. The van der Waals surface area contributed by atoms with Crippen LogP contribution in [0.2, 0.25) is 0 Å². The van der Waals surface area contributed by atoms with E-state index in [0.29, 0.717) is 0 Å². The van der Waals surface area contributed by atoms with E-state index in [1.807, 2.05) is 0 Å². The van der Waals surface area contributed by atoms with E-state index in [4.69, 9.17) is 0 Å². The first-order valence-corrected chi connectivity index (χ1v) is 6.16. The van der Waals surface area contributed by atoms with E-state index in [0.717, 1.165) is 6.07 Å². The summed E-state index contributed by atoms with van der Waals surface area (Å²) in [6.45, 7) is 0.899. The van der Waals surface area contributed by atoms with Crippen LogP contribution in [0, 0.1) is 11.6 Å². The molecule has 7 heteroatoms. The number of carbonyl (C=O) groups excluding carboxylic acids is 1. The number of rotatable bonds is 3. The van der Waals surface area contributed by atoms with E-state index >= 15 is 0 Å². The maximum atomic E-state index is 13.5. The molecule has 2 atom stereocenters. The first-order valence-electron chi connectivity index (χ1n) is 6.16. The van der Waals surface area contributed by atoms with E-state index < -0.39 is 48.5 Å². The fraction of sp³-hybridized carbons (Fsp3) is 0.462. The number of alkyl halides is 2. The van der Waals surface area contributed by atoms with Crippen molar-refractivity contribution in [3.8, 4) is 0 Å². The fourth-order valence-electron chi connectivity index (χ4n) is 2.15.